The molecule has 0 aliphatic carbocycles. The summed E-state index contributed by atoms with van der Waals surface area (Å²) in [5, 5.41) is 6.80. The first-order valence-corrected chi connectivity index (χ1v) is 11.8. The highest BCUT2D eigenvalue weighted by atomic mass is 16.2. The zero-order chi connectivity index (χ0) is 22.2. The number of nitrogens with one attached hydrogen (secondary N) is 2. The van der Waals surface area contributed by atoms with Gasteiger partial charge in [-0.15, -0.1) is 0 Å². The van der Waals surface area contributed by atoms with Crippen LogP contribution in [0.15, 0.2) is 53.5 Å². The first kappa shape index (κ1) is 22.3. The summed E-state index contributed by atoms with van der Waals surface area (Å²) in [5.41, 5.74) is 4.99. The fourth-order valence-corrected chi connectivity index (χ4v) is 4.48. The van der Waals surface area contributed by atoms with Crippen LogP contribution in [0, 0.1) is 0 Å². The second kappa shape index (κ2) is 11.1. The number of benzene rings is 2. The predicted octanol–water partition coefficient (Wildman–Crippen LogP) is 3.27. The van der Waals surface area contributed by atoms with Crippen molar-refractivity contribution < 1.29 is 4.79 Å². The van der Waals surface area contributed by atoms with Gasteiger partial charge in [-0.2, -0.15) is 0 Å². The van der Waals surface area contributed by atoms with E-state index in [2.05, 4.69) is 69.1 Å². The molecule has 6 nitrogen and oxygen atoms in total. The minimum absolute atomic E-state index is 0.266. The lowest BCUT2D eigenvalue weighted by atomic mass is 10.1. The van der Waals surface area contributed by atoms with Crippen molar-refractivity contribution in [1.29, 1.82) is 0 Å². The van der Waals surface area contributed by atoms with Crippen molar-refractivity contribution in [3.05, 3.63) is 70.8 Å². The third-order valence-electron chi connectivity index (χ3n) is 6.31. The van der Waals surface area contributed by atoms with Gasteiger partial charge in [0.25, 0.3) is 0 Å². The van der Waals surface area contributed by atoms with Gasteiger partial charge in [0.05, 0.1) is 0 Å². The van der Waals surface area contributed by atoms with Crippen LogP contribution in [0.25, 0.3) is 0 Å². The van der Waals surface area contributed by atoms with E-state index in [1.165, 1.54) is 48.2 Å². The number of aliphatic imine (C=N–C) groups is 1. The fraction of sp³-hybridized carbons (Fsp3) is 0.462. The Morgan fingerprint density at radius 1 is 0.844 bits per heavy atom. The maximum Gasteiger partial charge on any atom is 0.222 e. The highest BCUT2D eigenvalue weighted by Gasteiger charge is 2.20. The van der Waals surface area contributed by atoms with E-state index in [4.69, 9.17) is 0 Å². The molecule has 0 spiro atoms. The number of amides is 1. The molecule has 0 aromatic heterocycles. The summed E-state index contributed by atoms with van der Waals surface area (Å²) < 4.78 is 0. The molecule has 2 aromatic carbocycles. The number of hydrogen-bond donors (Lipinski definition) is 2. The summed E-state index contributed by atoms with van der Waals surface area (Å²) in [7, 11) is 1.80. The minimum atomic E-state index is 0.266. The monoisotopic (exact) mass is 433 g/mol. The summed E-state index contributed by atoms with van der Waals surface area (Å²) in [5.74, 6) is 1.05. The largest absolute Gasteiger partial charge is 0.352 e. The van der Waals surface area contributed by atoms with E-state index in [9.17, 15) is 4.79 Å². The Labute approximate surface area is 191 Å². The minimum Gasteiger partial charge on any atom is -0.352 e. The zero-order valence-corrected chi connectivity index (χ0v) is 19.1. The highest BCUT2D eigenvalue weighted by molar-refractivity contribution is 5.79. The molecule has 1 amide bonds. The van der Waals surface area contributed by atoms with Crippen molar-refractivity contribution in [3.63, 3.8) is 0 Å². The molecule has 0 saturated carbocycles. The predicted molar refractivity (Wildman–Crippen MR) is 129 cm³/mol. The Bertz CT molecular complexity index is 918. The smallest absolute Gasteiger partial charge is 0.222 e. The summed E-state index contributed by atoms with van der Waals surface area (Å²) in [6.07, 6.45) is 4.32. The van der Waals surface area contributed by atoms with Crippen LogP contribution in [0.1, 0.15) is 47.9 Å². The molecule has 2 saturated heterocycles. The van der Waals surface area contributed by atoms with Gasteiger partial charge in [0, 0.05) is 46.2 Å². The van der Waals surface area contributed by atoms with E-state index in [0.29, 0.717) is 19.5 Å². The van der Waals surface area contributed by atoms with Gasteiger partial charge in [-0.05, 0) is 54.6 Å². The van der Waals surface area contributed by atoms with Gasteiger partial charge >= 0.3 is 0 Å². The van der Waals surface area contributed by atoms with E-state index >= 15 is 0 Å². The van der Waals surface area contributed by atoms with Gasteiger partial charge in [-0.3, -0.25) is 14.7 Å². The summed E-state index contributed by atoms with van der Waals surface area (Å²) in [6.45, 7) is 6.51. The van der Waals surface area contributed by atoms with Crippen LogP contribution in [0.2, 0.25) is 0 Å². The number of likely N-dealkylation sites (tertiary alicyclic amines) is 2. The van der Waals surface area contributed by atoms with Crippen LogP contribution in [-0.4, -0.2) is 48.3 Å². The zero-order valence-electron chi connectivity index (χ0n) is 19.1. The molecule has 0 atom stereocenters. The average molecular weight is 434 g/mol. The molecule has 170 valence electrons. The average Bonchev–Trinajstić information content (AvgIpc) is 3.47. The molecule has 0 bridgehead atoms. The number of carbonyl (C=O) groups is 1. The third-order valence-corrected chi connectivity index (χ3v) is 6.31. The van der Waals surface area contributed by atoms with E-state index in [1.807, 2.05) is 4.90 Å². The summed E-state index contributed by atoms with van der Waals surface area (Å²) >= 11 is 0. The Balaban J connectivity index is 1.23. The molecule has 0 radical (unpaired) electrons. The lowest BCUT2D eigenvalue weighted by Crippen LogP contribution is -2.36. The van der Waals surface area contributed by atoms with Crippen molar-refractivity contribution >= 4 is 11.9 Å². The molecular formula is C26H35N5O. The van der Waals surface area contributed by atoms with Crippen LogP contribution in [0.4, 0.5) is 0 Å². The van der Waals surface area contributed by atoms with Gasteiger partial charge in [-0.1, -0.05) is 48.5 Å². The third kappa shape index (κ3) is 6.33. The van der Waals surface area contributed by atoms with Crippen molar-refractivity contribution in [3.8, 4) is 0 Å². The van der Waals surface area contributed by atoms with Gasteiger partial charge in [-0.25, -0.2) is 0 Å². The quantitative estimate of drug-likeness (QED) is 0.496. The highest BCUT2D eigenvalue weighted by Crippen LogP contribution is 2.15. The first-order chi connectivity index (χ1) is 15.7. The van der Waals surface area contributed by atoms with Crippen molar-refractivity contribution in [2.75, 3.05) is 26.7 Å². The Hall–Kier alpha value is -2.86. The van der Waals surface area contributed by atoms with Crippen molar-refractivity contribution in [2.45, 2.75) is 51.9 Å². The second-order valence-corrected chi connectivity index (χ2v) is 8.82. The van der Waals surface area contributed by atoms with Crippen LogP contribution >= 0.6 is 0 Å². The topological polar surface area (TPSA) is 60.0 Å². The molecule has 4 rings (SSSR count). The number of hydrogen-bond acceptors (Lipinski definition) is 3. The maximum absolute atomic E-state index is 11.9. The molecule has 0 unspecified atom stereocenters. The SMILES string of the molecule is CN=C(NCc1ccc(CN2CCCC2)cc1)NCc1cccc(CN2CCCC2=O)c1. The normalized spacial score (nSPS) is 17.2. The van der Waals surface area contributed by atoms with Crippen LogP contribution in [0.5, 0.6) is 0 Å². The lowest BCUT2D eigenvalue weighted by molar-refractivity contribution is -0.128. The molecule has 2 fully saturated rings. The van der Waals surface area contributed by atoms with Gasteiger partial charge in [0.2, 0.25) is 5.91 Å². The Morgan fingerprint density at radius 2 is 1.53 bits per heavy atom. The van der Waals surface area contributed by atoms with E-state index in [1.54, 1.807) is 7.05 Å². The summed E-state index contributed by atoms with van der Waals surface area (Å²) in [6, 6.07) is 17.3. The Morgan fingerprint density at radius 3 is 2.22 bits per heavy atom. The standard InChI is InChI=1S/C26H35N5O/c1-27-26(28-17-21-9-11-22(12-10-21)19-30-13-2-3-14-30)29-18-23-6-4-7-24(16-23)20-31-15-5-8-25(31)32/h4,6-7,9-12,16H,2-3,5,8,13-15,17-20H2,1H3,(H2,27,28,29). The molecule has 6 heteroatoms. The summed E-state index contributed by atoms with van der Waals surface area (Å²) in [4.78, 5) is 20.7. The van der Waals surface area contributed by atoms with Crippen LogP contribution in [-0.2, 0) is 31.0 Å². The molecular weight excluding hydrogens is 398 g/mol. The number of carbonyl (C=O) groups excluding carboxylic acids is 1. The van der Waals surface area contributed by atoms with E-state index < -0.39 is 0 Å². The van der Waals surface area contributed by atoms with E-state index in [-0.39, 0.29) is 5.91 Å². The lowest BCUT2D eigenvalue weighted by Gasteiger charge is -2.17. The number of rotatable bonds is 8. The number of guanidine groups is 1. The van der Waals surface area contributed by atoms with Gasteiger partial charge < -0.3 is 15.5 Å². The van der Waals surface area contributed by atoms with E-state index in [0.717, 1.165) is 32.0 Å². The number of nitrogens with zero attached hydrogens (tertiary/aromatic N) is 3. The second-order valence-electron chi connectivity index (χ2n) is 8.82. The van der Waals surface area contributed by atoms with Gasteiger partial charge in [0.15, 0.2) is 5.96 Å². The van der Waals surface area contributed by atoms with Crippen molar-refractivity contribution in [2.24, 2.45) is 4.99 Å². The fourth-order valence-electron chi connectivity index (χ4n) is 4.48. The molecule has 32 heavy (non-hydrogen) atoms. The molecule has 2 aliphatic heterocycles. The molecule has 2 aromatic rings. The Kier molecular flexibility index (Phi) is 7.77. The van der Waals surface area contributed by atoms with Crippen molar-refractivity contribution in [1.82, 2.24) is 20.4 Å². The van der Waals surface area contributed by atoms with Crippen LogP contribution < -0.4 is 10.6 Å². The first-order valence-electron chi connectivity index (χ1n) is 11.8. The molecule has 2 aliphatic rings. The van der Waals surface area contributed by atoms with Gasteiger partial charge in [0.1, 0.15) is 0 Å². The molecule has 2 N–H and O–H groups in total. The maximum atomic E-state index is 11.9. The molecule has 2 heterocycles. The van der Waals surface area contributed by atoms with Crippen LogP contribution in [0.3, 0.4) is 0 Å².